The van der Waals surface area contributed by atoms with Gasteiger partial charge in [0.2, 0.25) is 22.2 Å². The summed E-state index contributed by atoms with van der Waals surface area (Å²) in [7, 11) is -3.80. The molecular weight excluding hydrogens is 428 g/mol. The van der Waals surface area contributed by atoms with E-state index in [1.807, 2.05) is 37.3 Å². The van der Waals surface area contributed by atoms with Crippen LogP contribution in [0.4, 0.5) is 5.69 Å². The third-order valence-electron chi connectivity index (χ3n) is 5.00. The lowest BCUT2D eigenvalue weighted by molar-refractivity contribution is 0.0847. The number of benzene rings is 1. The molecule has 0 saturated carbocycles. The zero-order valence-electron chi connectivity index (χ0n) is 18.2. The number of pyridine rings is 1. The second-order valence-corrected chi connectivity index (χ2v) is 9.15. The van der Waals surface area contributed by atoms with Gasteiger partial charge in [0.05, 0.1) is 6.61 Å². The lowest BCUT2D eigenvalue weighted by Crippen LogP contribution is -2.43. The molecule has 1 aromatic carbocycles. The number of hydrogen-bond donors (Lipinski definition) is 2. The van der Waals surface area contributed by atoms with Gasteiger partial charge in [-0.1, -0.05) is 43.2 Å². The van der Waals surface area contributed by atoms with E-state index in [0.717, 1.165) is 30.5 Å². The number of unbranched alkanes of at least 4 members (excludes halogenated alkanes) is 2. The van der Waals surface area contributed by atoms with Crippen molar-refractivity contribution < 1.29 is 13.2 Å². The molecule has 0 bridgehead atoms. The van der Waals surface area contributed by atoms with Gasteiger partial charge >= 0.3 is 0 Å². The number of primary sulfonamides is 1. The molecule has 0 spiro atoms. The van der Waals surface area contributed by atoms with Gasteiger partial charge in [-0.25, -0.2) is 13.6 Å². The maximum absolute atomic E-state index is 11.9. The van der Waals surface area contributed by atoms with Gasteiger partial charge in [0.25, 0.3) is 0 Å². The first kappa shape index (κ1) is 25.3. The van der Waals surface area contributed by atoms with E-state index in [4.69, 9.17) is 20.9 Å². The molecule has 172 valence electrons. The lowest BCUT2D eigenvalue weighted by Gasteiger charge is -2.29. The second-order valence-electron chi connectivity index (χ2n) is 7.45. The highest BCUT2D eigenvalue weighted by Gasteiger charge is 2.22. The Morgan fingerprint density at radius 1 is 1.16 bits per heavy atom. The summed E-state index contributed by atoms with van der Waals surface area (Å²) in [5, 5.41) is 14.2. The van der Waals surface area contributed by atoms with Crippen LogP contribution in [-0.4, -0.2) is 30.8 Å². The molecule has 0 fully saturated rings. The fourth-order valence-corrected chi connectivity index (χ4v) is 4.14. The molecule has 0 radical (unpaired) electrons. The number of aromatic nitrogens is 1. The molecule has 1 heterocycles. The molecule has 9 nitrogen and oxygen atoms in total. The van der Waals surface area contributed by atoms with Crippen molar-refractivity contribution in [3.05, 3.63) is 60.4 Å². The van der Waals surface area contributed by atoms with Crippen molar-refractivity contribution in [2.75, 3.05) is 4.90 Å². The number of nitriles is 1. The number of aliphatic imine (C=N–C) groups is 1. The normalized spacial score (nSPS) is 13.8. The number of ether oxygens (including phenoxy) is 1. The van der Waals surface area contributed by atoms with Crippen LogP contribution in [-0.2, 0) is 21.4 Å². The Morgan fingerprint density at radius 2 is 1.81 bits per heavy atom. The number of nitrogens with two attached hydrogens (primary N) is 2. The van der Waals surface area contributed by atoms with Crippen molar-refractivity contribution >= 4 is 21.7 Å². The Labute approximate surface area is 189 Å². The molecule has 4 N–H and O–H groups in total. The summed E-state index contributed by atoms with van der Waals surface area (Å²) >= 11 is 0. The van der Waals surface area contributed by atoms with Crippen molar-refractivity contribution in [1.82, 2.24) is 4.98 Å². The van der Waals surface area contributed by atoms with Crippen molar-refractivity contribution in [2.24, 2.45) is 15.9 Å². The standard InChI is InChI=1S/C22H30N6O3S/c1-18(28(22(24)27-17-23)20-12-14-26-15-13-20)8-4-2-7-11-21(32(25,29)30)31-16-19-9-5-3-6-10-19/h3,5-6,9-10,12-15,18,21H,2,4,7-8,11,16H2,1H3,(H2,24,27)(H2,25,29,30). The summed E-state index contributed by atoms with van der Waals surface area (Å²) in [5.74, 6) is 0.120. The topological polar surface area (TPSA) is 148 Å². The average Bonchev–Trinajstić information content (AvgIpc) is 2.76. The predicted molar refractivity (Wildman–Crippen MR) is 125 cm³/mol. The molecule has 1 aromatic heterocycles. The monoisotopic (exact) mass is 458 g/mol. The van der Waals surface area contributed by atoms with E-state index in [0.29, 0.717) is 12.8 Å². The SMILES string of the molecule is CC(CCCCCC(OCc1ccccc1)S(N)(=O)=O)N(C(N)=NC#N)c1ccncc1. The predicted octanol–water partition coefficient (Wildman–Crippen LogP) is 2.85. The van der Waals surface area contributed by atoms with Crippen LogP contribution in [0, 0.1) is 11.5 Å². The Bertz CT molecular complexity index is 993. The molecule has 2 unspecified atom stereocenters. The number of sulfonamides is 1. The van der Waals surface area contributed by atoms with Gasteiger partial charge in [0.1, 0.15) is 0 Å². The molecule has 0 amide bonds. The number of hydrogen-bond acceptors (Lipinski definition) is 6. The highest BCUT2D eigenvalue weighted by atomic mass is 32.2. The molecule has 2 atom stereocenters. The summed E-state index contributed by atoms with van der Waals surface area (Å²) in [6.45, 7) is 2.19. The summed E-state index contributed by atoms with van der Waals surface area (Å²) in [4.78, 5) is 9.47. The number of nitrogens with zero attached hydrogens (tertiary/aromatic N) is 4. The van der Waals surface area contributed by atoms with Crippen LogP contribution < -0.4 is 15.8 Å². The molecule has 2 aromatic rings. The third-order valence-corrected chi connectivity index (χ3v) is 6.10. The summed E-state index contributed by atoms with van der Waals surface area (Å²) in [6.07, 6.45) is 8.40. The maximum Gasteiger partial charge on any atom is 0.236 e. The van der Waals surface area contributed by atoms with Crippen molar-refractivity contribution in [1.29, 1.82) is 5.26 Å². The largest absolute Gasteiger partial charge is 0.369 e. The maximum atomic E-state index is 11.9. The Kier molecular flexibility index (Phi) is 10.1. The minimum atomic E-state index is -3.80. The van der Waals surface area contributed by atoms with Crippen LogP contribution in [0.2, 0.25) is 0 Å². The third kappa shape index (κ3) is 8.26. The Hall–Kier alpha value is -3.00. The average molecular weight is 459 g/mol. The fourth-order valence-electron chi connectivity index (χ4n) is 3.38. The zero-order chi connectivity index (χ0) is 23.4. The van der Waals surface area contributed by atoms with E-state index in [-0.39, 0.29) is 18.6 Å². The molecular formula is C22H30N6O3S. The zero-order valence-corrected chi connectivity index (χ0v) is 19.0. The summed E-state index contributed by atoms with van der Waals surface area (Å²) in [5.41, 5.74) is 6.65. The van der Waals surface area contributed by atoms with E-state index in [2.05, 4.69) is 9.98 Å². The van der Waals surface area contributed by atoms with Gasteiger partial charge in [-0.3, -0.25) is 4.98 Å². The van der Waals surface area contributed by atoms with Crippen LogP contribution in [0.3, 0.4) is 0 Å². The quantitative estimate of drug-likeness (QED) is 0.215. The van der Waals surface area contributed by atoms with Gasteiger partial charge in [0.15, 0.2) is 5.44 Å². The summed E-state index contributed by atoms with van der Waals surface area (Å²) < 4.78 is 29.4. The molecule has 0 saturated heterocycles. The van der Waals surface area contributed by atoms with E-state index < -0.39 is 15.5 Å². The van der Waals surface area contributed by atoms with Gasteiger partial charge in [0, 0.05) is 24.1 Å². The van der Waals surface area contributed by atoms with E-state index in [9.17, 15) is 8.42 Å². The van der Waals surface area contributed by atoms with Crippen LogP contribution in [0.25, 0.3) is 0 Å². The molecule has 0 aliphatic carbocycles. The highest BCUT2D eigenvalue weighted by Crippen LogP contribution is 2.20. The number of anilines is 1. The molecule has 2 rings (SSSR count). The van der Waals surface area contributed by atoms with Gasteiger partial charge in [-0.15, -0.1) is 4.99 Å². The minimum Gasteiger partial charge on any atom is -0.369 e. The van der Waals surface area contributed by atoms with Crippen LogP contribution in [0.1, 0.15) is 44.6 Å². The van der Waals surface area contributed by atoms with Crippen molar-refractivity contribution in [3.63, 3.8) is 0 Å². The van der Waals surface area contributed by atoms with Gasteiger partial charge in [-0.2, -0.15) is 5.26 Å². The number of guanidine groups is 1. The second kappa shape index (κ2) is 12.8. The van der Waals surface area contributed by atoms with E-state index in [1.54, 1.807) is 35.6 Å². The molecule has 32 heavy (non-hydrogen) atoms. The Morgan fingerprint density at radius 3 is 2.44 bits per heavy atom. The van der Waals surface area contributed by atoms with Crippen LogP contribution in [0.5, 0.6) is 0 Å². The molecule has 10 heteroatoms. The first-order valence-electron chi connectivity index (χ1n) is 10.4. The fraction of sp³-hybridized carbons (Fsp3) is 0.409. The van der Waals surface area contributed by atoms with E-state index in [1.165, 1.54) is 0 Å². The summed E-state index contributed by atoms with van der Waals surface area (Å²) in [6, 6.07) is 13.0. The van der Waals surface area contributed by atoms with Gasteiger partial charge < -0.3 is 15.4 Å². The smallest absolute Gasteiger partial charge is 0.236 e. The van der Waals surface area contributed by atoms with Crippen molar-refractivity contribution in [3.8, 4) is 6.19 Å². The highest BCUT2D eigenvalue weighted by molar-refractivity contribution is 7.89. The minimum absolute atomic E-state index is 0.0159. The first-order valence-corrected chi connectivity index (χ1v) is 12.0. The Balaban J connectivity index is 1.85. The van der Waals surface area contributed by atoms with Crippen LogP contribution in [0.15, 0.2) is 59.9 Å². The van der Waals surface area contributed by atoms with E-state index >= 15 is 0 Å². The van der Waals surface area contributed by atoms with Gasteiger partial charge in [-0.05, 0) is 43.9 Å². The first-order chi connectivity index (χ1) is 15.3. The molecule has 0 aliphatic rings. The van der Waals surface area contributed by atoms with Crippen LogP contribution >= 0.6 is 0 Å². The lowest BCUT2D eigenvalue weighted by atomic mass is 10.1. The number of rotatable bonds is 12. The van der Waals surface area contributed by atoms with Crippen molar-refractivity contribution in [2.45, 2.75) is 57.1 Å². The molecule has 0 aliphatic heterocycles.